The predicted octanol–water partition coefficient (Wildman–Crippen LogP) is 4.65. The van der Waals surface area contributed by atoms with Gasteiger partial charge in [-0.25, -0.2) is 14.8 Å². The lowest BCUT2D eigenvalue weighted by Crippen LogP contribution is -2.14. The van der Waals surface area contributed by atoms with Crippen molar-refractivity contribution in [1.82, 2.24) is 9.97 Å². The minimum Gasteiger partial charge on any atom is -0.490 e. The van der Waals surface area contributed by atoms with Crippen LogP contribution in [0.5, 0.6) is 5.75 Å². The molecule has 1 N–H and O–H groups in total. The number of ether oxygens (including phenoxy) is 1. The first-order valence-electron chi connectivity index (χ1n) is 8.43. The molecule has 1 aromatic carbocycles. The molecule has 0 amide bonds. The van der Waals surface area contributed by atoms with Crippen molar-refractivity contribution < 1.29 is 19.1 Å². The number of hydrogen-bond donors (Lipinski definition) is 1. The topological polar surface area (TPSA) is 85.5 Å². The van der Waals surface area contributed by atoms with E-state index in [4.69, 9.17) is 9.15 Å². The number of benzene rings is 1. The number of aryl methyl sites for hydroxylation is 1. The Morgan fingerprint density at radius 3 is 2.85 bits per heavy atom. The van der Waals surface area contributed by atoms with Crippen LogP contribution >= 0.6 is 11.3 Å². The lowest BCUT2D eigenvalue weighted by atomic mass is 10.1. The number of thiazole rings is 1. The highest BCUT2D eigenvalue weighted by Crippen LogP contribution is 2.40. The zero-order valence-corrected chi connectivity index (χ0v) is 15.2. The second-order valence-electron chi connectivity index (χ2n) is 6.48. The highest BCUT2D eigenvalue weighted by molar-refractivity contribution is 7.17. The Bertz CT molecular complexity index is 945. The van der Waals surface area contributed by atoms with Crippen LogP contribution in [0.25, 0.3) is 21.9 Å². The maximum absolute atomic E-state index is 11.3. The summed E-state index contributed by atoms with van der Waals surface area (Å²) >= 11 is 1.16. The van der Waals surface area contributed by atoms with Crippen LogP contribution in [0.3, 0.4) is 0 Å². The van der Waals surface area contributed by atoms with Crippen LogP contribution in [0.1, 0.15) is 35.1 Å². The summed E-state index contributed by atoms with van der Waals surface area (Å²) in [6.45, 7) is 3.79. The van der Waals surface area contributed by atoms with Gasteiger partial charge in [-0.2, -0.15) is 0 Å². The van der Waals surface area contributed by atoms with Crippen LogP contribution in [-0.4, -0.2) is 27.1 Å². The summed E-state index contributed by atoms with van der Waals surface area (Å²) < 4.78 is 11.6. The Kier molecular flexibility index (Phi) is 4.24. The maximum Gasteiger partial charge on any atom is 0.347 e. The summed E-state index contributed by atoms with van der Waals surface area (Å²) in [5, 5.41) is 9.91. The van der Waals surface area contributed by atoms with Crippen LogP contribution in [-0.2, 0) is 0 Å². The molecule has 26 heavy (non-hydrogen) atoms. The molecule has 0 radical (unpaired) electrons. The lowest BCUT2D eigenvalue weighted by molar-refractivity contribution is 0.0701. The number of aromatic nitrogens is 2. The number of nitrogens with zero attached hydrogens (tertiary/aromatic N) is 2. The molecule has 0 saturated heterocycles. The van der Waals surface area contributed by atoms with Gasteiger partial charge >= 0.3 is 5.97 Å². The number of rotatable bonds is 6. The molecule has 0 bridgehead atoms. The fourth-order valence-electron chi connectivity index (χ4n) is 2.89. The predicted molar refractivity (Wildman–Crippen MR) is 97.6 cm³/mol. The van der Waals surface area contributed by atoms with Crippen molar-refractivity contribution in [3.8, 4) is 27.6 Å². The molecule has 1 atom stereocenters. The largest absolute Gasteiger partial charge is 0.490 e. The third kappa shape index (κ3) is 3.22. The number of hydrogen-bond acceptors (Lipinski definition) is 6. The first-order chi connectivity index (χ1) is 12.5. The van der Waals surface area contributed by atoms with Gasteiger partial charge in [-0.3, -0.25) is 0 Å². The molecule has 3 aromatic rings. The van der Waals surface area contributed by atoms with Crippen molar-refractivity contribution in [2.45, 2.75) is 32.8 Å². The van der Waals surface area contributed by atoms with Crippen LogP contribution in [0.15, 0.2) is 35.2 Å². The van der Waals surface area contributed by atoms with E-state index in [2.05, 4.69) is 16.9 Å². The van der Waals surface area contributed by atoms with E-state index in [9.17, 15) is 9.90 Å². The molecule has 1 unspecified atom stereocenters. The molecule has 2 aromatic heterocycles. The van der Waals surface area contributed by atoms with Gasteiger partial charge in [-0.15, -0.1) is 11.3 Å². The van der Waals surface area contributed by atoms with E-state index in [1.54, 1.807) is 13.1 Å². The molecule has 1 aliphatic rings. The van der Waals surface area contributed by atoms with Crippen LogP contribution in [0.4, 0.5) is 0 Å². The molecule has 1 fully saturated rings. The summed E-state index contributed by atoms with van der Waals surface area (Å²) in [6, 6.07) is 5.71. The smallest absolute Gasteiger partial charge is 0.347 e. The zero-order chi connectivity index (χ0) is 18.3. The van der Waals surface area contributed by atoms with E-state index in [1.807, 2.05) is 18.2 Å². The van der Waals surface area contributed by atoms with E-state index in [0.29, 0.717) is 22.4 Å². The van der Waals surface area contributed by atoms with Crippen molar-refractivity contribution in [2.75, 3.05) is 0 Å². The van der Waals surface area contributed by atoms with Gasteiger partial charge in [0.15, 0.2) is 12.2 Å². The van der Waals surface area contributed by atoms with Crippen LogP contribution in [0, 0.1) is 12.8 Å². The Hall–Kier alpha value is -2.67. The van der Waals surface area contributed by atoms with E-state index >= 15 is 0 Å². The fourth-order valence-corrected chi connectivity index (χ4v) is 3.79. The number of carboxylic acid groups (broad SMARTS) is 1. The van der Waals surface area contributed by atoms with Gasteiger partial charge < -0.3 is 14.3 Å². The minimum absolute atomic E-state index is 0.142. The van der Waals surface area contributed by atoms with Crippen LogP contribution < -0.4 is 4.74 Å². The van der Waals surface area contributed by atoms with Gasteiger partial charge in [0, 0.05) is 5.56 Å². The summed E-state index contributed by atoms with van der Waals surface area (Å²) in [6.07, 6.45) is 5.57. The summed E-state index contributed by atoms with van der Waals surface area (Å²) in [4.78, 5) is 19.9. The fraction of sp³-hybridized carbons (Fsp3) is 0.316. The normalized spacial score (nSPS) is 15.0. The van der Waals surface area contributed by atoms with E-state index in [1.165, 1.54) is 19.2 Å². The van der Waals surface area contributed by atoms with Crippen LogP contribution in [0.2, 0.25) is 0 Å². The van der Waals surface area contributed by atoms with Gasteiger partial charge in [0.2, 0.25) is 0 Å². The van der Waals surface area contributed by atoms with Crippen molar-refractivity contribution in [2.24, 2.45) is 5.92 Å². The van der Waals surface area contributed by atoms with E-state index in [0.717, 1.165) is 28.2 Å². The first kappa shape index (κ1) is 16.8. The molecule has 0 spiro atoms. The van der Waals surface area contributed by atoms with Crippen molar-refractivity contribution in [1.29, 1.82) is 0 Å². The zero-order valence-electron chi connectivity index (χ0n) is 14.4. The molecule has 2 heterocycles. The minimum atomic E-state index is -0.958. The maximum atomic E-state index is 11.3. The summed E-state index contributed by atoms with van der Waals surface area (Å²) in [5.74, 6) is 0.991. The van der Waals surface area contributed by atoms with E-state index in [-0.39, 0.29) is 11.0 Å². The Morgan fingerprint density at radius 2 is 2.23 bits per heavy atom. The van der Waals surface area contributed by atoms with Crippen molar-refractivity contribution in [3.05, 3.63) is 41.4 Å². The highest BCUT2D eigenvalue weighted by Gasteiger charge is 2.30. The molecular weight excluding hydrogens is 352 g/mol. The molecule has 6 nitrogen and oxygen atoms in total. The van der Waals surface area contributed by atoms with Crippen molar-refractivity contribution >= 4 is 17.3 Å². The SMILES string of the molecule is Cc1nc(-c2ccc(OC(C)C3CC3)c(-c3cnco3)c2)sc1C(=O)O. The average Bonchev–Trinajstić information content (AvgIpc) is 3.18. The highest BCUT2D eigenvalue weighted by atomic mass is 32.1. The monoisotopic (exact) mass is 370 g/mol. The molecule has 1 aliphatic carbocycles. The van der Waals surface area contributed by atoms with Gasteiger partial charge in [0.05, 0.1) is 23.6 Å². The van der Waals surface area contributed by atoms with Crippen molar-refractivity contribution in [3.63, 3.8) is 0 Å². The quantitative estimate of drug-likeness (QED) is 0.680. The van der Waals surface area contributed by atoms with Gasteiger partial charge in [-0.05, 0) is 50.8 Å². The van der Waals surface area contributed by atoms with E-state index < -0.39 is 5.97 Å². The molecule has 134 valence electrons. The third-order valence-electron chi connectivity index (χ3n) is 4.51. The number of aromatic carboxylic acids is 1. The number of carbonyl (C=O) groups is 1. The van der Waals surface area contributed by atoms with Gasteiger partial charge in [0.25, 0.3) is 0 Å². The first-order valence-corrected chi connectivity index (χ1v) is 9.25. The summed E-state index contributed by atoms with van der Waals surface area (Å²) in [5.41, 5.74) is 2.13. The van der Waals surface area contributed by atoms with Gasteiger partial charge in [0.1, 0.15) is 15.6 Å². The second kappa shape index (κ2) is 6.57. The molecule has 0 aliphatic heterocycles. The summed E-state index contributed by atoms with van der Waals surface area (Å²) in [7, 11) is 0. The standard InChI is InChI=1S/C19H18N2O4S/c1-10-17(19(22)23)26-18(21-10)13-5-6-15(25-11(2)12-3-4-12)14(7-13)16-8-20-9-24-16/h5-9,11-12H,3-4H2,1-2H3,(H,22,23). The molecule has 7 heteroatoms. The Labute approximate surface area is 154 Å². The Balaban J connectivity index is 1.74. The molecule has 1 saturated carbocycles. The average molecular weight is 370 g/mol. The second-order valence-corrected chi connectivity index (χ2v) is 7.47. The third-order valence-corrected chi connectivity index (χ3v) is 5.71. The Morgan fingerprint density at radius 1 is 1.42 bits per heavy atom. The molecular formula is C19H18N2O4S. The molecule has 4 rings (SSSR count). The van der Waals surface area contributed by atoms with Gasteiger partial charge in [-0.1, -0.05) is 0 Å². The number of oxazole rings is 1. The number of carboxylic acids is 1. The lowest BCUT2D eigenvalue weighted by Gasteiger charge is -2.16.